The second-order valence-corrected chi connectivity index (χ2v) is 3.96. The Kier molecular flexibility index (Phi) is 2.93. The van der Waals surface area contributed by atoms with Crippen molar-refractivity contribution in [1.29, 1.82) is 0 Å². The van der Waals surface area contributed by atoms with Gasteiger partial charge in [0.2, 0.25) is 0 Å². The first-order valence-electron chi connectivity index (χ1n) is 5.46. The number of methoxy groups -OCH3 is 1. The highest BCUT2D eigenvalue weighted by molar-refractivity contribution is 5.37. The molecule has 1 unspecified atom stereocenters. The van der Waals surface area contributed by atoms with Crippen molar-refractivity contribution >= 4 is 0 Å². The van der Waals surface area contributed by atoms with Crippen LogP contribution in [0.15, 0.2) is 29.2 Å². The summed E-state index contributed by atoms with van der Waals surface area (Å²) in [6.45, 7) is 4.32. The Balaban J connectivity index is 2.55. The molecule has 0 aliphatic carbocycles. The number of aromatic nitrogens is 2. The van der Waals surface area contributed by atoms with Crippen LogP contribution < -0.4 is 4.74 Å². The monoisotopic (exact) mass is 236 g/mol. The van der Waals surface area contributed by atoms with E-state index in [1.165, 1.54) is 12.5 Å². The second kappa shape index (κ2) is 4.25. The highest BCUT2D eigenvalue weighted by atomic mass is 16.5. The maximum atomic E-state index is 10.7. The zero-order valence-electron chi connectivity index (χ0n) is 10.2. The molecule has 92 valence electrons. The van der Waals surface area contributed by atoms with Crippen LogP contribution >= 0.6 is 0 Å². The molecule has 17 heavy (non-hydrogen) atoms. The molecule has 0 bridgehead atoms. The molecule has 5 heteroatoms. The van der Waals surface area contributed by atoms with Gasteiger partial charge in [-0.2, -0.15) is 5.10 Å². The van der Waals surface area contributed by atoms with Gasteiger partial charge >= 0.3 is 0 Å². The molecule has 0 saturated heterocycles. The van der Waals surface area contributed by atoms with E-state index in [-0.39, 0.29) is 0 Å². The van der Waals surface area contributed by atoms with Crippen LogP contribution in [0.5, 0.6) is 5.75 Å². The zero-order chi connectivity index (χ0) is 12.5. The Morgan fingerprint density at radius 1 is 1.59 bits per heavy atom. The number of aliphatic hydroxyl groups is 1. The van der Waals surface area contributed by atoms with Gasteiger partial charge in [-0.05, 0) is 19.9 Å². The Morgan fingerprint density at radius 2 is 2.35 bits per heavy atom. The summed E-state index contributed by atoms with van der Waals surface area (Å²) in [5.74, 6) is 0.568. The summed E-state index contributed by atoms with van der Waals surface area (Å²) in [6.07, 6.45) is 4.66. The summed E-state index contributed by atoms with van der Waals surface area (Å²) >= 11 is 0. The molecule has 2 heterocycles. The highest BCUT2D eigenvalue weighted by Crippen LogP contribution is 2.35. The minimum absolute atomic E-state index is 0.568. The second-order valence-electron chi connectivity index (χ2n) is 3.96. The van der Waals surface area contributed by atoms with Crippen molar-refractivity contribution in [2.75, 3.05) is 7.11 Å². The Hall–Kier alpha value is -1.75. The molecule has 2 rings (SSSR count). The molecule has 0 radical (unpaired) electrons. The lowest BCUT2D eigenvalue weighted by molar-refractivity contribution is 0.0879. The third-order valence-corrected chi connectivity index (χ3v) is 2.87. The topological polar surface area (TPSA) is 60.4 Å². The first-order chi connectivity index (χ1) is 8.11. The number of aryl methyl sites for hydroxylation is 1. The number of rotatable bonds is 4. The van der Waals surface area contributed by atoms with Crippen LogP contribution in [0.25, 0.3) is 0 Å². The Morgan fingerprint density at radius 3 is 2.88 bits per heavy atom. The number of ether oxygens (including phenoxy) is 1. The molecular weight excluding hydrogens is 220 g/mol. The molecule has 0 aromatic carbocycles. The fraction of sp³-hybridized carbons (Fsp3) is 0.417. The predicted molar refractivity (Wildman–Crippen MR) is 61.8 cm³/mol. The third-order valence-electron chi connectivity index (χ3n) is 2.87. The van der Waals surface area contributed by atoms with Gasteiger partial charge < -0.3 is 14.3 Å². The van der Waals surface area contributed by atoms with Gasteiger partial charge in [0.1, 0.15) is 11.3 Å². The van der Waals surface area contributed by atoms with Crippen LogP contribution in [0.3, 0.4) is 0 Å². The lowest BCUT2D eigenvalue weighted by Gasteiger charge is -2.23. The largest absolute Gasteiger partial charge is 0.493 e. The first kappa shape index (κ1) is 11.7. The van der Waals surface area contributed by atoms with Gasteiger partial charge in [0.25, 0.3) is 0 Å². The summed E-state index contributed by atoms with van der Waals surface area (Å²) in [5, 5.41) is 14.8. The molecule has 1 N–H and O–H groups in total. The molecule has 2 aromatic rings. The van der Waals surface area contributed by atoms with E-state index < -0.39 is 5.60 Å². The standard InChI is InChI=1S/C12H16N2O3/c1-4-14-11(10(16-3)7-13-14)12(2,15)9-5-6-17-8-9/h5-8,15H,4H2,1-3H3. The maximum Gasteiger partial charge on any atom is 0.163 e. The highest BCUT2D eigenvalue weighted by Gasteiger charge is 2.34. The number of furan rings is 1. The summed E-state index contributed by atoms with van der Waals surface area (Å²) in [7, 11) is 1.56. The molecule has 0 saturated carbocycles. The van der Waals surface area contributed by atoms with Crippen LogP contribution in [0.2, 0.25) is 0 Å². The van der Waals surface area contributed by atoms with Crippen LogP contribution in [-0.4, -0.2) is 22.0 Å². The summed E-state index contributed by atoms with van der Waals surface area (Å²) in [4.78, 5) is 0. The minimum atomic E-state index is -1.19. The van der Waals surface area contributed by atoms with Crippen molar-refractivity contribution in [2.24, 2.45) is 0 Å². The van der Waals surface area contributed by atoms with Crippen molar-refractivity contribution in [3.8, 4) is 5.75 Å². The van der Waals surface area contributed by atoms with E-state index in [0.717, 1.165) is 0 Å². The molecule has 0 aliphatic heterocycles. The van der Waals surface area contributed by atoms with E-state index in [2.05, 4.69) is 5.10 Å². The van der Waals surface area contributed by atoms with Crippen molar-refractivity contribution in [1.82, 2.24) is 9.78 Å². The van der Waals surface area contributed by atoms with Crippen LogP contribution in [0, 0.1) is 0 Å². The molecule has 0 amide bonds. The summed E-state index contributed by atoms with van der Waals surface area (Å²) in [6, 6.07) is 1.73. The van der Waals surface area contributed by atoms with Crippen molar-refractivity contribution in [3.05, 3.63) is 36.0 Å². The molecule has 5 nitrogen and oxygen atoms in total. The van der Waals surface area contributed by atoms with Crippen LogP contribution in [0.1, 0.15) is 25.1 Å². The molecule has 1 atom stereocenters. The zero-order valence-corrected chi connectivity index (χ0v) is 10.2. The third kappa shape index (κ3) is 1.82. The van der Waals surface area contributed by atoms with E-state index in [4.69, 9.17) is 9.15 Å². The fourth-order valence-electron chi connectivity index (χ4n) is 1.93. The van der Waals surface area contributed by atoms with Crippen LogP contribution in [0.4, 0.5) is 0 Å². The van der Waals surface area contributed by atoms with Gasteiger partial charge in [-0.1, -0.05) is 0 Å². The van der Waals surface area contributed by atoms with E-state index in [0.29, 0.717) is 23.6 Å². The maximum absolute atomic E-state index is 10.7. The van der Waals surface area contributed by atoms with E-state index >= 15 is 0 Å². The van der Waals surface area contributed by atoms with Gasteiger partial charge in [0, 0.05) is 12.1 Å². The number of hydrogen-bond donors (Lipinski definition) is 1. The quantitative estimate of drug-likeness (QED) is 0.878. The minimum Gasteiger partial charge on any atom is -0.493 e. The van der Waals surface area contributed by atoms with Gasteiger partial charge in [-0.25, -0.2) is 0 Å². The smallest absolute Gasteiger partial charge is 0.163 e. The molecule has 0 spiro atoms. The van der Waals surface area contributed by atoms with Crippen LogP contribution in [-0.2, 0) is 12.1 Å². The van der Waals surface area contributed by atoms with Gasteiger partial charge in [0.05, 0.1) is 25.8 Å². The van der Waals surface area contributed by atoms with Crippen molar-refractivity contribution < 1.29 is 14.3 Å². The predicted octanol–water partition coefficient (Wildman–Crippen LogP) is 1.76. The lowest BCUT2D eigenvalue weighted by atomic mass is 9.94. The molecule has 2 aromatic heterocycles. The average Bonchev–Trinajstić information content (AvgIpc) is 2.97. The molecular formula is C12H16N2O3. The Labute approximate surface area is 99.6 Å². The lowest BCUT2D eigenvalue weighted by Crippen LogP contribution is -2.26. The van der Waals surface area contributed by atoms with Gasteiger partial charge in [-0.15, -0.1) is 0 Å². The first-order valence-corrected chi connectivity index (χ1v) is 5.46. The Bertz CT molecular complexity index is 464. The van der Waals surface area contributed by atoms with Gasteiger partial charge in [-0.3, -0.25) is 4.68 Å². The number of hydrogen-bond acceptors (Lipinski definition) is 4. The summed E-state index contributed by atoms with van der Waals surface area (Å²) in [5.41, 5.74) is 0.111. The van der Waals surface area contributed by atoms with Crippen molar-refractivity contribution in [3.63, 3.8) is 0 Å². The average molecular weight is 236 g/mol. The normalized spacial score (nSPS) is 14.6. The van der Waals surface area contributed by atoms with E-state index in [1.807, 2.05) is 6.92 Å². The van der Waals surface area contributed by atoms with E-state index in [9.17, 15) is 5.11 Å². The van der Waals surface area contributed by atoms with Crippen molar-refractivity contribution in [2.45, 2.75) is 26.0 Å². The SMILES string of the molecule is CCn1ncc(OC)c1C(C)(O)c1ccoc1. The molecule has 0 fully saturated rings. The van der Waals surface area contributed by atoms with Gasteiger partial charge in [0.15, 0.2) is 5.75 Å². The molecule has 0 aliphatic rings. The van der Waals surface area contributed by atoms with E-state index in [1.54, 1.807) is 31.0 Å². The number of nitrogens with zero attached hydrogens (tertiary/aromatic N) is 2. The summed E-state index contributed by atoms with van der Waals surface area (Å²) < 4.78 is 12.0. The fourth-order valence-corrected chi connectivity index (χ4v) is 1.93.